The molecule has 24 heavy (non-hydrogen) atoms. The van der Waals surface area contributed by atoms with Crippen molar-refractivity contribution in [3.63, 3.8) is 0 Å². The summed E-state index contributed by atoms with van der Waals surface area (Å²) in [6.45, 7) is 2.89. The van der Waals surface area contributed by atoms with Gasteiger partial charge in [0.2, 0.25) is 0 Å². The summed E-state index contributed by atoms with van der Waals surface area (Å²) in [7, 11) is 2.00. The van der Waals surface area contributed by atoms with Gasteiger partial charge in [-0.25, -0.2) is 0 Å². The number of nitrogens with zero attached hydrogens (tertiary/aromatic N) is 1. The molecule has 1 aromatic carbocycles. The number of rotatable bonds is 5. The molecule has 0 saturated carbocycles. The maximum atomic E-state index is 12.7. The predicted octanol–water partition coefficient (Wildman–Crippen LogP) is 4.05. The second-order valence-corrected chi connectivity index (χ2v) is 9.05. The van der Waals surface area contributed by atoms with Gasteiger partial charge >= 0.3 is 0 Å². The predicted molar refractivity (Wildman–Crippen MR) is 109 cm³/mol. The lowest BCUT2D eigenvalue weighted by atomic mass is 9.93. The van der Waals surface area contributed by atoms with Gasteiger partial charge in [-0.2, -0.15) is 0 Å². The molecule has 1 aromatic rings. The van der Waals surface area contributed by atoms with Gasteiger partial charge in [0.1, 0.15) is 0 Å². The number of hydrogen-bond donors (Lipinski definition) is 1. The number of piperidine rings is 1. The van der Waals surface area contributed by atoms with E-state index in [0.717, 1.165) is 44.0 Å². The minimum Gasteiger partial charge on any atom is -0.339 e. The Kier molecular flexibility index (Phi) is 8.28. The molecule has 0 radical (unpaired) electrons. The van der Waals surface area contributed by atoms with Crippen molar-refractivity contribution in [2.45, 2.75) is 23.8 Å². The molecule has 0 unspecified atom stereocenters. The summed E-state index contributed by atoms with van der Waals surface area (Å²) in [6, 6.07) is 8.32. The highest BCUT2D eigenvalue weighted by atomic mass is 35.5. The van der Waals surface area contributed by atoms with Crippen LogP contribution in [0.2, 0.25) is 0 Å². The monoisotopic (exact) mass is 386 g/mol. The highest BCUT2D eigenvalue weighted by Crippen LogP contribution is 2.45. The van der Waals surface area contributed by atoms with E-state index in [9.17, 15) is 4.79 Å². The molecule has 2 aliphatic rings. The molecule has 0 bridgehead atoms. The molecule has 134 valence electrons. The normalized spacial score (nSPS) is 19.3. The van der Waals surface area contributed by atoms with Crippen molar-refractivity contribution in [2.75, 3.05) is 38.2 Å². The van der Waals surface area contributed by atoms with Crippen LogP contribution in [0.15, 0.2) is 24.3 Å². The largest absolute Gasteiger partial charge is 0.339 e. The molecule has 0 atom stereocenters. The van der Waals surface area contributed by atoms with E-state index in [0.29, 0.717) is 4.58 Å². The smallest absolute Gasteiger partial charge is 0.253 e. The second-order valence-electron chi connectivity index (χ2n) is 6.32. The molecule has 0 aromatic heterocycles. The standard InChI is InChI=1S/C18H26N2OS2.ClH/c1-19-9-6-14-7-10-20(11-8-14)17(21)15-2-4-16(5-3-15)18-22-12-13-23-18;/h2-5,14,18-19H,6-13H2,1H3;1H. The number of benzene rings is 1. The topological polar surface area (TPSA) is 32.3 Å². The third kappa shape index (κ3) is 5.07. The van der Waals surface area contributed by atoms with E-state index in [1.54, 1.807) is 0 Å². The van der Waals surface area contributed by atoms with Gasteiger partial charge in [-0.1, -0.05) is 12.1 Å². The summed E-state index contributed by atoms with van der Waals surface area (Å²) < 4.78 is 0.557. The van der Waals surface area contributed by atoms with Gasteiger partial charge in [0.15, 0.2) is 0 Å². The molecule has 3 nitrogen and oxygen atoms in total. The molecular weight excluding hydrogens is 360 g/mol. The molecule has 0 aliphatic carbocycles. The fraction of sp³-hybridized carbons (Fsp3) is 0.611. The summed E-state index contributed by atoms with van der Waals surface area (Å²) in [5, 5.41) is 3.22. The third-order valence-corrected chi connectivity index (χ3v) is 7.86. The van der Waals surface area contributed by atoms with E-state index >= 15 is 0 Å². The van der Waals surface area contributed by atoms with E-state index in [1.165, 1.54) is 23.5 Å². The first-order chi connectivity index (χ1) is 11.3. The highest BCUT2D eigenvalue weighted by Gasteiger charge is 2.24. The van der Waals surface area contributed by atoms with Crippen LogP contribution >= 0.6 is 35.9 Å². The van der Waals surface area contributed by atoms with Gasteiger partial charge < -0.3 is 10.2 Å². The number of carbonyl (C=O) groups excluding carboxylic acids is 1. The fourth-order valence-corrected chi connectivity index (χ4v) is 6.15. The first kappa shape index (κ1) is 20.0. The summed E-state index contributed by atoms with van der Waals surface area (Å²) >= 11 is 4.01. The van der Waals surface area contributed by atoms with E-state index in [1.807, 2.05) is 47.6 Å². The van der Waals surface area contributed by atoms with Crippen molar-refractivity contribution in [1.29, 1.82) is 0 Å². The van der Waals surface area contributed by atoms with E-state index < -0.39 is 0 Å². The minimum atomic E-state index is 0. The second kappa shape index (κ2) is 9.95. The zero-order chi connectivity index (χ0) is 16.1. The summed E-state index contributed by atoms with van der Waals surface area (Å²) in [5.74, 6) is 3.44. The molecule has 2 heterocycles. The lowest BCUT2D eigenvalue weighted by molar-refractivity contribution is 0.0687. The molecule has 3 rings (SSSR count). The van der Waals surface area contributed by atoms with Crippen molar-refractivity contribution in [3.8, 4) is 0 Å². The van der Waals surface area contributed by atoms with Gasteiger partial charge in [-0.05, 0) is 56.5 Å². The number of nitrogens with one attached hydrogen (secondary N) is 1. The maximum absolute atomic E-state index is 12.7. The van der Waals surface area contributed by atoms with E-state index in [-0.39, 0.29) is 18.3 Å². The zero-order valence-electron chi connectivity index (χ0n) is 14.2. The Morgan fingerprint density at radius 1 is 1.17 bits per heavy atom. The molecule has 2 aliphatic heterocycles. The molecular formula is C18H27ClN2OS2. The summed E-state index contributed by atoms with van der Waals surface area (Å²) in [4.78, 5) is 14.7. The summed E-state index contributed by atoms with van der Waals surface area (Å²) in [6.07, 6.45) is 3.51. The quantitative estimate of drug-likeness (QED) is 0.827. The number of thioether (sulfide) groups is 2. The molecule has 0 spiro atoms. The van der Waals surface area contributed by atoms with Crippen molar-refractivity contribution in [1.82, 2.24) is 10.2 Å². The van der Waals surface area contributed by atoms with Gasteiger partial charge in [-0.15, -0.1) is 35.9 Å². The number of amides is 1. The SMILES string of the molecule is CNCCC1CCN(C(=O)c2ccc(C3SCCS3)cc2)CC1.Cl. The van der Waals surface area contributed by atoms with Gasteiger partial charge in [0.05, 0.1) is 4.58 Å². The van der Waals surface area contributed by atoms with E-state index in [4.69, 9.17) is 0 Å². The summed E-state index contributed by atoms with van der Waals surface area (Å²) in [5.41, 5.74) is 2.19. The van der Waals surface area contributed by atoms with Crippen LogP contribution in [0.1, 0.15) is 39.8 Å². The van der Waals surface area contributed by atoms with Crippen LogP contribution < -0.4 is 5.32 Å². The molecule has 6 heteroatoms. The molecule has 2 fully saturated rings. The number of likely N-dealkylation sites (tertiary alicyclic amines) is 1. The molecule has 2 saturated heterocycles. The number of carbonyl (C=O) groups is 1. The lowest BCUT2D eigenvalue weighted by Crippen LogP contribution is -2.38. The number of hydrogen-bond acceptors (Lipinski definition) is 4. The fourth-order valence-electron chi connectivity index (χ4n) is 3.29. The Hall–Kier alpha value is -0.360. The first-order valence-corrected chi connectivity index (χ1v) is 10.6. The van der Waals surface area contributed by atoms with Crippen LogP contribution in [0.3, 0.4) is 0 Å². The zero-order valence-corrected chi connectivity index (χ0v) is 16.7. The first-order valence-electron chi connectivity index (χ1n) is 8.55. The van der Waals surface area contributed by atoms with Crippen LogP contribution in [-0.2, 0) is 0 Å². The average Bonchev–Trinajstić information content (AvgIpc) is 3.14. The van der Waals surface area contributed by atoms with Crippen LogP contribution in [0, 0.1) is 5.92 Å². The minimum absolute atomic E-state index is 0. The van der Waals surface area contributed by atoms with Gasteiger partial charge in [0.25, 0.3) is 5.91 Å². The average molecular weight is 387 g/mol. The van der Waals surface area contributed by atoms with Crippen molar-refractivity contribution < 1.29 is 4.79 Å². The van der Waals surface area contributed by atoms with Crippen LogP contribution in [-0.4, -0.2) is 49.0 Å². The Labute approximate surface area is 160 Å². The van der Waals surface area contributed by atoms with Crippen LogP contribution in [0.25, 0.3) is 0 Å². The molecule has 1 amide bonds. The molecule has 1 N–H and O–H groups in total. The van der Waals surface area contributed by atoms with Gasteiger partial charge in [-0.3, -0.25) is 4.79 Å². The van der Waals surface area contributed by atoms with Crippen molar-refractivity contribution in [3.05, 3.63) is 35.4 Å². The van der Waals surface area contributed by atoms with E-state index in [2.05, 4.69) is 17.4 Å². The van der Waals surface area contributed by atoms with Crippen molar-refractivity contribution in [2.24, 2.45) is 5.92 Å². The number of halogens is 1. The Balaban J connectivity index is 0.00000208. The van der Waals surface area contributed by atoms with Gasteiger partial charge in [0, 0.05) is 30.2 Å². The lowest BCUT2D eigenvalue weighted by Gasteiger charge is -2.32. The Morgan fingerprint density at radius 2 is 1.79 bits per heavy atom. The Morgan fingerprint density at radius 3 is 2.38 bits per heavy atom. The highest BCUT2D eigenvalue weighted by molar-refractivity contribution is 8.19. The van der Waals surface area contributed by atoms with Crippen LogP contribution in [0.5, 0.6) is 0 Å². The van der Waals surface area contributed by atoms with Crippen molar-refractivity contribution >= 4 is 41.8 Å². The van der Waals surface area contributed by atoms with Crippen LogP contribution in [0.4, 0.5) is 0 Å². The Bertz CT molecular complexity index is 512. The third-order valence-electron chi connectivity index (χ3n) is 4.76. The maximum Gasteiger partial charge on any atom is 0.253 e.